The molecule has 1 atom stereocenters. The van der Waals surface area contributed by atoms with Crippen molar-refractivity contribution in [1.29, 1.82) is 0 Å². The summed E-state index contributed by atoms with van der Waals surface area (Å²) in [6.45, 7) is 0.165. The molecular formula is C23H22N2O5S. The quantitative estimate of drug-likeness (QED) is 0.640. The van der Waals surface area contributed by atoms with Crippen LogP contribution in [0.1, 0.15) is 5.56 Å². The number of hydrogen-bond acceptors (Lipinski definition) is 5. The lowest BCUT2D eigenvalue weighted by Gasteiger charge is -2.34. The number of benzene rings is 3. The Bertz CT molecular complexity index is 1160. The highest BCUT2D eigenvalue weighted by Gasteiger charge is 2.37. The molecule has 0 spiro atoms. The van der Waals surface area contributed by atoms with Gasteiger partial charge < -0.3 is 14.8 Å². The van der Waals surface area contributed by atoms with E-state index in [1.54, 1.807) is 49.6 Å². The third-order valence-corrected chi connectivity index (χ3v) is 6.78. The summed E-state index contributed by atoms with van der Waals surface area (Å²) in [7, 11) is -2.27. The van der Waals surface area contributed by atoms with Gasteiger partial charge in [0.2, 0.25) is 0 Å². The summed E-state index contributed by atoms with van der Waals surface area (Å²) in [4.78, 5) is 13.0. The molecule has 1 amide bonds. The van der Waals surface area contributed by atoms with Crippen molar-refractivity contribution in [3.63, 3.8) is 0 Å². The van der Waals surface area contributed by atoms with E-state index >= 15 is 0 Å². The van der Waals surface area contributed by atoms with E-state index < -0.39 is 22.0 Å². The van der Waals surface area contributed by atoms with Gasteiger partial charge in [0.15, 0.2) is 6.10 Å². The van der Waals surface area contributed by atoms with Gasteiger partial charge in [-0.2, -0.15) is 0 Å². The molecule has 1 aliphatic rings. The van der Waals surface area contributed by atoms with E-state index in [1.165, 1.54) is 16.4 Å². The summed E-state index contributed by atoms with van der Waals surface area (Å²) >= 11 is 0. The van der Waals surface area contributed by atoms with Crippen molar-refractivity contribution in [3.05, 3.63) is 84.4 Å². The zero-order valence-electron chi connectivity index (χ0n) is 16.9. The molecule has 0 aliphatic carbocycles. The molecule has 0 fully saturated rings. The van der Waals surface area contributed by atoms with Gasteiger partial charge in [-0.15, -0.1) is 0 Å². The van der Waals surface area contributed by atoms with Gasteiger partial charge in [-0.1, -0.05) is 42.5 Å². The van der Waals surface area contributed by atoms with Crippen LogP contribution in [0.25, 0.3) is 0 Å². The van der Waals surface area contributed by atoms with Gasteiger partial charge in [0.1, 0.15) is 11.5 Å². The maximum Gasteiger partial charge on any atom is 0.264 e. The number of sulfonamides is 1. The van der Waals surface area contributed by atoms with Crippen molar-refractivity contribution in [2.75, 3.05) is 18.0 Å². The van der Waals surface area contributed by atoms with Gasteiger partial charge in [0, 0.05) is 6.54 Å². The number of carbonyl (C=O) groups excluding carboxylic acids is 1. The van der Waals surface area contributed by atoms with E-state index in [4.69, 9.17) is 9.47 Å². The summed E-state index contributed by atoms with van der Waals surface area (Å²) in [6.07, 6.45) is -0.980. The van der Waals surface area contributed by atoms with Crippen molar-refractivity contribution in [3.8, 4) is 11.5 Å². The number of fused-ring (bicyclic) bond motifs is 1. The zero-order valence-corrected chi connectivity index (χ0v) is 17.7. The Hall–Kier alpha value is -3.52. The summed E-state index contributed by atoms with van der Waals surface area (Å²) in [5, 5.41) is 2.82. The van der Waals surface area contributed by atoms with Gasteiger partial charge in [0.05, 0.1) is 24.2 Å². The number of carbonyl (C=O) groups is 1. The van der Waals surface area contributed by atoms with Gasteiger partial charge in [0.25, 0.3) is 15.9 Å². The molecule has 3 aromatic rings. The lowest BCUT2D eigenvalue weighted by atomic mass is 10.2. The second kappa shape index (κ2) is 8.69. The average molecular weight is 439 g/mol. The predicted octanol–water partition coefficient (Wildman–Crippen LogP) is 2.97. The first kappa shape index (κ1) is 20.7. The molecule has 4 rings (SSSR count). The Balaban J connectivity index is 1.55. The first-order valence-corrected chi connectivity index (χ1v) is 11.2. The molecule has 0 bridgehead atoms. The maximum atomic E-state index is 13.3. The second-order valence-corrected chi connectivity index (χ2v) is 8.85. The zero-order chi connectivity index (χ0) is 21.8. The number of amides is 1. The molecule has 3 aromatic carbocycles. The van der Waals surface area contributed by atoms with Crippen LogP contribution in [0.4, 0.5) is 5.69 Å². The van der Waals surface area contributed by atoms with Crippen molar-refractivity contribution < 1.29 is 22.7 Å². The van der Waals surface area contributed by atoms with Crippen LogP contribution in [0.2, 0.25) is 0 Å². The Morgan fingerprint density at radius 2 is 1.71 bits per heavy atom. The van der Waals surface area contributed by atoms with Crippen LogP contribution in [0.5, 0.6) is 11.5 Å². The number of rotatable bonds is 6. The number of hydrogen-bond donors (Lipinski definition) is 1. The number of para-hydroxylation sites is 2. The number of nitrogens with zero attached hydrogens (tertiary/aromatic N) is 1. The molecule has 1 N–H and O–H groups in total. The molecule has 31 heavy (non-hydrogen) atoms. The van der Waals surface area contributed by atoms with Crippen molar-refractivity contribution in [2.45, 2.75) is 17.5 Å². The minimum absolute atomic E-state index is 0.122. The maximum absolute atomic E-state index is 13.3. The van der Waals surface area contributed by atoms with Crippen LogP contribution in [-0.4, -0.2) is 34.1 Å². The van der Waals surface area contributed by atoms with E-state index in [0.29, 0.717) is 11.4 Å². The van der Waals surface area contributed by atoms with Crippen LogP contribution in [-0.2, 0) is 21.4 Å². The Morgan fingerprint density at radius 1 is 1.03 bits per heavy atom. The van der Waals surface area contributed by atoms with Gasteiger partial charge in [-0.3, -0.25) is 9.10 Å². The standard InChI is InChI=1S/C23H22N2O5S/c1-29-18-13-11-17(12-14-18)15-24-23(26)22-16-25(20-9-5-6-10-21(20)30-22)31(27,28)19-7-3-2-4-8-19/h2-14,22H,15-16H2,1H3,(H,24,26)/t22-/m1/s1. The normalized spacial score (nSPS) is 15.5. The number of ether oxygens (including phenoxy) is 2. The fourth-order valence-corrected chi connectivity index (χ4v) is 4.83. The molecule has 0 saturated heterocycles. The highest BCUT2D eigenvalue weighted by Crippen LogP contribution is 2.36. The molecule has 160 valence electrons. The van der Waals surface area contributed by atoms with E-state index in [9.17, 15) is 13.2 Å². The van der Waals surface area contributed by atoms with E-state index in [-0.39, 0.29) is 18.0 Å². The Labute approximate surface area is 181 Å². The summed E-state index contributed by atoms with van der Waals surface area (Å²) in [5.41, 5.74) is 1.30. The SMILES string of the molecule is COc1ccc(CNC(=O)[C@H]2CN(S(=O)(=O)c3ccccc3)c3ccccc3O2)cc1. The first-order valence-electron chi connectivity index (χ1n) is 9.73. The average Bonchev–Trinajstić information content (AvgIpc) is 2.82. The van der Waals surface area contributed by atoms with Gasteiger partial charge in [-0.25, -0.2) is 8.42 Å². The molecule has 0 unspecified atom stereocenters. The number of nitrogens with one attached hydrogen (secondary N) is 1. The molecule has 0 radical (unpaired) electrons. The highest BCUT2D eigenvalue weighted by molar-refractivity contribution is 7.92. The monoisotopic (exact) mass is 438 g/mol. The van der Waals surface area contributed by atoms with Crippen molar-refractivity contribution in [1.82, 2.24) is 5.32 Å². The molecule has 0 saturated carbocycles. The first-order chi connectivity index (χ1) is 15.0. The van der Waals surface area contributed by atoms with E-state index in [1.807, 2.05) is 24.3 Å². The van der Waals surface area contributed by atoms with E-state index in [0.717, 1.165) is 11.3 Å². The summed E-state index contributed by atoms with van der Waals surface area (Å²) in [5.74, 6) is 0.681. The highest BCUT2D eigenvalue weighted by atomic mass is 32.2. The van der Waals surface area contributed by atoms with E-state index in [2.05, 4.69) is 5.32 Å². The molecule has 0 aromatic heterocycles. The largest absolute Gasteiger partial charge is 0.497 e. The molecule has 1 heterocycles. The third-order valence-electron chi connectivity index (χ3n) is 4.98. The second-order valence-electron chi connectivity index (χ2n) is 6.99. The fourth-order valence-electron chi connectivity index (χ4n) is 3.33. The Kier molecular flexibility index (Phi) is 5.81. The van der Waals surface area contributed by atoms with Crippen LogP contribution in [0, 0.1) is 0 Å². The van der Waals surface area contributed by atoms with Gasteiger partial charge >= 0.3 is 0 Å². The Morgan fingerprint density at radius 3 is 2.42 bits per heavy atom. The number of methoxy groups -OCH3 is 1. The molecule has 8 heteroatoms. The number of anilines is 1. The van der Waals surface area contributed by atoms with Gasteiger partial charge in [-0.05, 0) is 42.0 Å². The topological polar surface area (TPSA) is 84.9 Å². The lowest BCUT2D eigenvalue weighted by Crippen LogP contribution is -2.50. The minimum Gasteiger partial charge on any atom is -0.497 e. The lowest BCUT2D eigenvalue weighted by molar-refractivity contribution is -0.127. The van der Waals surface area contributed by atoms with Crippen LogP contribution >= 0.6 is 0 Å². The molecular weight excluding hydrogens is 416 g/mol. The summed E-state index contributed by atoms with van der Waals surface area (Å²) < 4.78 is 38.8. The molecule has 1 aliphatic heterocycles. The van der Waals surface area contributed by atoms with Crippen molar-refractivity contribution >= 4 is 21.6 Å². The fraction of sp³-hybridized carbons (Fsp3) is 0.174. The van der Waals surface area contributed by atoms with Crippen molar-refractivity contribution in [2.24, 2.45) is 0 Å². The van der Waals surface area contributed by atoms with Crippen LogP contribution in [0.3, 0.4) is 0 Å². The summed E-state index contributed by atoms with van der Waals surface area (Å²) in [6, 6.07) is 22.3. The smallest absolute Gasteiger partial charge is 0.264 e. The van der Waals surface area contributed by atoms with Crippen LogP contribution in [0.15, 0.2) is 83.8 Å². The van der Waals surface area contributed by atoms with Crippen LogP contribution < -0.4 is 19.1 Å². The minimum atomic E-state index is -3.86. The third kappa shape index (κ3) is 4.34. The predicted molar refractivity (Wildman–Crippen MR) is 117 cm³/mol. The molecule has 7 nitrogen and oxygen atoms in total.